The zero-order chi connectivity index (χ0) is 13.1. The summed E-state index contributed by atoms with van der Waals surface area (Å²) in [4.78, 5) is 0. The van der Waals surface area contributed by atoms with Gasteiger partial charge in [0.1, 0.15) is 0 Å². The fourth-order valence-corrected chi connectivity index (χ4v) is 1.13. The summed E-state index contributed by atoms with van der Waals surface area (Å²) < 4.78 is 8.65. The van der Waals surface area contributed by atoms with E-state index >= 15 is 0 Å². The van der Waals surface area contributed by atoms with E-state index in [0.717, 1.165) is 0 Å². The molecule has 0 aliphatic heterocycles. The summed E-state index contributed by atoms with van der Waals surface area (Å²) in [5.74, 6) is -0.363. The van der Waals surface area contributed by atoms with E-state index in [-0.39, 0.29) is 34.4 Å². The molecule has 18 heavy (non-hydrogen) atoms. The van der Waals surface area contributed by atoms with Gasteiger partial charge in [-0.1, -0.05) is 10.3 Å². The maximum absolute atomic E-state index is 8.92. The Balaban J connectivity index is 2.52. The van der Waals surface area contributed by atoms with Crippen molar-refractivity contribution in [3.63, 3.8) is 0 Å². The maximum Gasteiger partial charge on any atom is 0.198 e. The molecule has 0 aliphatic rings. The summed E-state index contributed by atoms with van der Waals surface area (Å²) in [5.41, 5.74) is 9.78. The lowest BCUT2D eigenvalue weighted by Crippen LogP contribution is -2.20. The second-order valence-corrected chi connectivity index (χ2v) is 2.89. The third-order valence-corrected chi connectivity index (χ3v) is 1.90. The van der Waals surface area contributed by atoms with Gasteiger partial charge in [-0.2, -0.15) is 0 Å². The van der Waals surface area contributed by atoms with Crippen LogP contribution >= 0.6 is 0 Å². The Bertz CT molecular complexity index is 558. The van der Waals surface area contributed by atoms with Gasteiger partial charge in [-0.15, -0.1) is 0 Å². The van der Waals surface area contributed by atoms with Crippen LogP contribution in [-0.2, 0) is 0 Å². The summed E-state index contributed by atoms with van der Waals surface area (Å²) in [6.45, 7) is 0. The second kappa shape index (κ2) is 4.36. The van der Waals surface area contributed by atoms with Gasteiger partial charge >= 0.3 is 0 Å². The maximum atomic E-state index is 8.92. The lowest BCUT2D eigenvalue weighted by atomic mass is 10.1. The number of hydrogen-bond donors (Lipinski definition) is 4. The summed E-state index contributed by atoms with van der Waals surface area (Å²) in [6, 6.07) is 0. The monoisotopic (exact) mass is 254 g/mol. The molecule has 12 nitrogen and oxygen atoms in total. The number of aromatic nitrogens is 4. The van der Waals surface area contributed by atoms with Gasteiger partial charge in [0.2, 0.25) is 0 Å². The van der Waals surface area contributed by atoms with Crippen LogP contribution in [0.15, 0.2) is 19.6 Å². The average molecular weight is 254 g/mol. The quantitative estimate of drug-likeness (QED) is 0.289. The molecule has 0 atom stereocenters. The standard InChI is InChI=1S/C6H6N8O4/c7-5-3(11-17-13-5)1(9-15)2(10-16)4-6(8)14-18-12-4/h15-16H,(H2,7,13)(H2,8,14)/b9-1-,10-2-. The van der Waals surface area contributed by atoms with Crippen LogP contribution in [0.3, 0.4) is 0 Å². The summed E-state index contributed by atoms with van der Waals surface area (Å²) in [6.07, 6.45) is 0. The molecule has 2 rings (SSSR count). The van der Waals surface area contributed by atoms with Crippen molar-refractivity contribution < 1.29 is 19.7 Å². The summed E-state index contributed by atoms with van der Waals surface area (Å²) in [5, 5.41) is 36.9. The molecule has 0 radical (unpaired) electrons. The summed E-state index contributed by atoms with van der Waals surface area (Å²) >= 11 is 0. The molecule has 0 aromatic carbocycles. The smallest absolute Gasteiger partial charge is 0.198 e. The minimum atomic E-state index is -0.362. The van der Waals surface area contributed by atoms with Gasteiger partial charge in [-0.25, -0.2) is 9.26 Å². The molecule has 94 valence electrons. The number of nitrogens with zero attached hydrogens (tertiary/aromatic N) is 6. The largest absolute Gasteiger partial charge is 0.410 e. The molecule has 0 bridgehead atoms. The topological polar surface area (TPSA) is 195 Å². The third kappa shape index (κ3) is 1.66. The lowest BCUT2D eigenvalue weighted by molar-refractivity contribution is 0.303. The van der Waals surface area contributed by atoms with Crippen LogP contribution in [0.5, 0.6) is 0 Å². The molecule has 0 saturated heterocycles. The highest BCUT2D eigenvalue weighted by Gasteiger charge is 2.27. The van der Waals surface area contributed by atoms with Crippen molar-refractivity contribution in [2.75, 3.05) is 11.5 Å². The van der Waals surface area contributed by atoms with Crippen molar-refractivity contribution in [3.8, 4) is 0 Å². The highest BCUT2D eigenvalue weighted by Crippen LogP contribution is 2.14. The Morgan fingerprint density at radius 2 is 1.22 bits per heavy atom. The minimum Gasteiger partial charge on any atom is -0.410 e. The first-order valence-electron chi connectivity index (χ1n) is 4.30. The average Bonchev–Trinajstić information content (AvgIpc) is 2.95. The van der Waals surface area contributed by atoms with Crippen molar-refractivity contribution in [2.45, 2.75) is 0 Å². The predicted molar refractivity (Wildman–Crippen MR) is 54.1 cm³/mol. The van der Waals surface area contributed by atoms with Crippen LogP contribution in [0.25, 0.3) is 0 Å². The van der Waals surface area contributed by atoms with Crippen molar-refractivity contribution in [2.24, 2.45) is 10.3 Å². The Kier molecular flexibility index (Phi) is 2.74. The molecule has 0 aliphatic carbocycles. The first kappa shape index (κ1) is 11.3. The molecule has 12 heteroatoms. The molecule has 0 amide bonds. The first-order chi connectivity index (χ1) is 8.69. The van der Waals surface area contributed by atoms with E-state index in [4.69, 9.17) is 21.9 Å². The number of hydrogen-bond acceptors (Lipinski definition) is 12. The number of anilines is 2. The van der Waals surface area contributed by atoms with Gasteiger partial charge in [-0.3, -0.25) is 0 Å². The lowest BCUT2D eigenvalue weighted by Gasteiger charge is -2.00. The van der Waals surface area contributed by atoms with Crippen LogP contribution in [0.2, 0.25) is 0 Å². The number of nitrogens with two attached hydrogens (primary N) is 2. The van der Waals surface area contributed by atoms with Crippen molar-refractivity contribution >= 4 is 23.1 Å². The van der Waals surface area contributed by atoms with Crippen LogP contribution in [-0.4, -0.2) is 42.5 Å². The highest BCUT2D eigenvalue weighted by molar-refractivity contribution is 6.53. The van der Waals surface area contributed by atoms with E-state index in [1.54, 1.807) is 0 Å². The molecular formula is C6H6N8O4. The van der Waals surface area contributed by atoms with E-state index in [9.17, 15) is 0 Å². The van der Waals surface area contributed by atoms with E-state index < -0.39 is 0 Å². The molecule has 0 fully saturated rings. The first-order valence-corrected chi connectivity index (χ1v) is 4.30. The predicted octanol–water partition coefficient (Wildman–Crippen LogP) is -1.33. The Labute approximate surface area is 97.5 Å². The van der Waals surface area contributed by atoms with Crippen molar-refractivity contribution in [1.29, 1.82) is 0 Å². The molecule has 6 N–H and O–H groups in total. The van der Waals surface area contributed by atoms with Gasteiger partial charge in [0.25, 0.3) is 0 Å². The normalized spacial score (nSPS) is 12.9. The zero-order valence-electron chi connectivity index (χ0n) is 8.55. The van der Waals surface area contributed by atoms with Gasteiger partial charge in [0.05, 0.1) is 0 Å². The van der Waals surface area contributed by atoms with Crippen molar-refractivity contribution in [1.82, 2.24) is 20.6 Å². The highest BCUT2D eigenvalue weighted by atomic mass is 16.6. The van der Waals surface area contributed by atoms with E-state index in [1.807, 2.05) is 0 Å². The Morgan fingerprint density at radius 1 is 0.833 bits per heavy atom. The van der Waals surface area contributed by atoms with E-state index in [1.165, 1.54) is 0 Å². The molecule has 0 saturated carbocycles. The second-order valence-electron chi connectivity index (χ2n) is 2.89. The van der Waals surface area contributed by atoms with E-state index in [0.29, 0.717) is 0 Å². The zero-order valence-corrected chi connectivity index (χ0v) is 8.55. The van der Waals surface area contributed by atoms with Gasteiger partial charge in [-0.05, 0) is 20.6 Å². The molecule has 2 heterocycles. The van der Waals surface area contributed by atoms with Gasteiger partial charge < -0.3 is 21.9 Å². The number of nitrogen functional groups attached to an aromatic ring is 2. The number of oxime groups is 2. The molecule has 0 unspecified atom stereocenters. The van der Waals surface area contributed by atoms with Crippen LogP contribution in [0.4, 0.5) is 11.6 Å². The molecule has 2 aromatic heterocycles. The van der Waals surface area contributed by atoms with Crippen molar-refractivity contribution in [3.05, 3.63) is 11.4 Å². The van der Waals surface area contributed by atoms with Crippen LogP contribution < -0.4 is 11.5 Å². The molecule has 0 spiro atoms. The van der Waals surface area contributed by atoms with Gasteiger partial charge in [0.15, 0.2) is 34.4 Å². The minimum absolute atomic E-state index is 0.160. The summed E-state index contributed by atoms with van der Waals surface area (Å²) in [7, 11) is 0. The van der Waals surface area contributed by atoms with Crippen LogP contribution in [0, 0.1) is 0 Å². The Morgan fingerprint density at radius 3 is 1.44 bits per heavy atom. The van der Waals surface area contributed by atoms with Gasteiger partial charge in [0, 0.05) is 0 Å². The SMILES string of the molecule is Nc1nonc1C(=N\O)/C(=N/O)c1nonc1N. The molecular weight excluding hydrogens is 248 g/mol. The third-order valence-electron chi connectivity index (χ3n) is 1.90. The fourth-order valence-electron chi connectivity index (χ4n) is 1.13. The number of rotatable bonds is 3. The fraction of sp³-hybridized carbons (Fsp3) is 0. The molecule has 2 aromatic rings. The Hall–Kier alpha value is -3.18. The van der Waals surface area contributed by atoms with Crippen LogP contribution in [0.1, 0.15) is 11.4 Å². The van der Waals surface area contributed by atoms with E-state index in [2.05, 4.69) is 40.2 Å².